The predicted octanol–water partition coefficient (Wildman–Crippen LogP) is 2.66. The van der Waals surface area contributed by atoms with Crippen molar-refractivity contribution in [2.45, 2.75) is 20.3 Å². The SMILES string of the molecule is CC(C)C(=O)NCCc1cc(-c2ccccc2)on1. The molecule has 1 heterocycles. The van der Waals surface area contributed by atoms with Gasteiger partial charge in [0.15, 0.2) is 5.76 Å². The zero-order chi connectivity index (χ0) is 13.7. The lowest BCUT2D eigenvalue weighted by molar-refractivity contribution is -0.123. The fourth-order valence-electron chi connectivity index (χ4n) is 1.69. The van der Waals surface area contributed by atoms with Crippen LogP contribution in [0.1, 0.15) is 19.5 Å². The molecule has 0 unspecified atom stereocenters. The maximum absolute atomic E-state index is 11.4. The molecule has 0 fully saturated rings. The van der Waals surface area contributed by atoms with Gasteiger partial charge in [-0.05, 0) is 0 Å². The van der Waals surface area contributed by atoms with Crippen molar-refractivity contribution >= 4 is 5.91 Å². The van der Waals surface area contributed by atoms with Crippen LogP contribution >= 0.6 is 0 Å². The Bertz CT molecular complexity index is 532. The number of aromatic nitrogens is 1. The average Bonchev–Trinajstić information content (AvgIpc) is 2.88. The van der Waals surface area contributed by atoms with Crippen LogP contribution in [0.5, 0.6) is 0 Å². The highest BCUT2D eigenvalue weighted by Gasteiger charge is 2.08. The van der Waals surface area contributed by atoms with Gasteiger partial charge in [-0.15, -0.1) is 0 Å². The van der Waals surface area contributed by atoms with Crippen molar-refractivity contribution in [2.24, 2.45) is 5.92 Å². The lowest BCUT2D eigenvalue weighted by atomic mass is 10.1. The molecule has 1 aromatic heterocycles. The van der Waals surface area contributed by atoms with E-state index in [4.69, 9.17) is 4.52 Å². The van der Waals surface area contributed by atoms with Gasteiger partial charge in [0.05, 0.1) is 5.69 Å². The largest absolute Gasteiger partial charge is 0.356 e. The first-order valence-electron chi connectivity index (χ1n) is 6.45. The van der Waals surface area contributed by atoms with Crippen LogP contribution in [0.3, 0.4) is 0 Å². The highest BCUT2D eigenvalue weighted by Crippen LogP contribution is 2.19. The average molecular weight is 258 g/mol. The van der Waals surface area contributed by atoms with Crippen LogP contribution < -0.4 is 5.32 Å². The fraction of sp³-hybridized carbons (Fsp3) is 0.333. The molecule has 0 spiro atoms. The molecule has 0 radical (unpaired) electrons. The number of rotatable bonds is 5. The Kier molecular flexibility index (Phi) is 4.34. The summed E-state index contributed by atoms with van der Waals surface area (Å²) in [7, 11) is 0. The predicted molar refractivity (Wildman–Crippen MR) is 73.5 cm³/mol. The van der Waals surface area contributed by atoms with Crippen LogP contribution in [0.2, 0.25) is 0 Å². The van der Waals surface area contributed by atoms with Crippen molar-refractivity contribution in [3.05, 3.63) is 42.1 Å². The summed E-state index contributed by atoms with van der Waals surface area (Å²) < 4.78 is 5.29. The minimum atomic E-state index is 0.0113. The number of nitrogens with one attached hydrogen (secondary N) is 1. The molecule has 0 bridgehead atoms. The second-order valence-corrected chi connectivity index (χ2v) is 4.74. The molecule has 0 saturated heterocycles. The molecule has 19 heavy (non-hydrogen) atoms. The molecule has 4 heteroatoms. The van der Waals surface area contributed by atoms with Crippen LogP contribution in [-0.2, 0) is 11.2 Å². The van der Waals surface area contributed by atoms with Crippen LogP contribution in [0.15, 0.2) is 40.9 Å². The zero-order valence-electron chi connectivity index (χ0n) is 11.2. The molecule has 0 aliphatic carbocycles. The van der Waals surface area contributed by atoms with Gasteiger partial charge in [-0.2, -0.15) is 0 Å². The summed E-state index contributed by atoms with van der Waals surface area (Å²) in [4.78, 5) is 11.4. The summed E-state index contributed by atoms with van der Waals surface area (Å²) in [5, 5.41) is 6.87. The zero-order valence-corrected chi connectivity index (χ0v) is 11.2. The Morgan fingerprint density at radius 2 is 2.05 bits per heavy atom. The topological polar surface area (TPSA) is 55.1 Å². The van der Waals surface area contributed by atoms with Gasteiger partial charge in [-0.3, -0.25) is 4.79 Å². The second-order valence-electron chi connectivity index (χ2n) is 4.74. The number of carbonyl (C=O) groups excluding carboxylic acids is 1. The molecular weight excluding hydrogens is 240 g/mol. The first kappa shape index (κ1) is 13.3. The van der Waals surface area contributed by atoms with E-state index >= 15 is 0 Å². The molecule has 0 aliphatic heterocycles. The van der Waals surface area contributed by atoms with E-state index in [1.54, 1.807) is 0 Å². The van der Waals surface area contributed by atoms with Gasteiger partial charge in [0.2, 0.25) is 5.91 Å². The quantitative estimate of drug-likeness (QED) is 0.897. The second kappa shape index (κ2) is 6.18. The number of amides is 1. The van der Waals surface area contributed by atoms with E-state index in [9.17, 15) is 4.79 Å². The van der Waals surface area contributed by atoms with Crippen molar-refractivity contribution in [3.8, 4) is 11.3 Å². The van der Waals surface area contributed by atoms with Crippen molar-refractivity contribution in [3.63, 3.8) is 0 Å². The summed E-state index contributed by atoms with van der Waals surface area (Å²) in [6.07, 6.45) is 0.675. The summed E-state index contributed by atoms with van der Waals surface area (Å²) in [6, 6.07) is 11.7. The Morgan fingerprint density at radius 3 is 2.74 bits per heavy atom. The first-order valence-corrected chi connectivity index (χ1v) is 6.45. The standard InChI is InChI=1S/C15H18N2O2/c1-11(2)15(18)16-9-8-13-10-14(19-17-13)12-6-4-3-5-7-12/h3-7,10-11H,8-9H2,1-2H3,(H,16,18). The van der Waals surface area contributed by atoms with Crippen LogP contribution in [-0.4, -0.2) is 17.6 Å². The van der Waals surface area contributed by atoms with E-state index in [1.807, 2.05) is 50.2 Å². The van der Waals surface area contributed by atoms with Gasteiger partial charge in [0.1, 0.15) is 0 Å². The number of nitrogens with zero attached hydrogens (tertiary/aromatic N) is 1. The Morgan fingerprint density at radius 1 is 1.32 bits per heavy atom. The first-order chi connectivity index (χ1) is 9.16. The monoisotopic (exact) mass is 258 g/mol. The molecule has 0 aliphatic rings. The molecule has 0 saturated carbocycles. The normalized spacial score (nSPS) is 10.7. The fourth-order valence-corrected chi connectivity index (χ4v) is 1.69. The van der Waals surface area contributed by atoms with Gasteiger partial charge < -0.3 is 9.84 Å². The third kappa shape index (κ3) is 3.68. The van der Waals surface area contributed by atoms with Crippen LogP contribution in [0.4, 0.5) is 0 Å². The van der Waals surface area contributed by atoms with Crippen molar-refractivity contribution in [1.29, 1.82) is 0 Å². The third-order valence-corrected chi connectivity index (χ3v) is 2.82. The van der Waals surface area contributed by atoms with E-state index in [0.717, 1.165) is 17.0 Å². The van der Waals surface area contributed by atoms with E-state index < -0.39 is 0 Å². The minimum Gasteiger partial charge on any atom is -0.356 e. The lowest BCUT2D eigenvalue weighted by Gasteiger charge is -2.05. The van der Waals surface area contributed by atoms with E-state index in [1.165, 1.54) is 0 Å². The highest BCUT2D eigenvalue weighted by atomic mass is 16.5. The number of benzene rings is 1. The molecule has 1 amide bonds. The van der Waals surface area contributed by atoms with Gasteiger partial charge in [0.25, 0.3) is 0 Å². The van der Waals surface area contributed by atoms with Gasteiger partial charge >= 0.3 is 0 Å². The highest BCUT2D eigenvalue weighted by molar-refractivity contribution is 5.77. The summed E-state index contributed by atoms with van der Waals surface area (Å²) in [5.41, 5.74) is 1.86. The molecule has 2 rings (SSSR count). The molecule has 100 valence electrons. The minimum absolute atomic E-state index is 0.0113. The van der Waals surface area contributed by atoms with Gasteiger partial charge in [-0.25, -0.2) is 0 Å². The van der Waals surface area contributed by atoms with Gasteiger partial charge in [0, 0.05) is 30.5 Å². The summed E-state index contributed by atoms with van der Waals surface area (Å²) in [5.74, 6) is 0.828. The Balaban J connectivity index is 1.90. The van der Waals surface area contributed by atoms with Crippen molar-refractivity contribution < 1.29 is 9.32 Å². The van der Waals surface area contributed by atoms with Crippen molar-refractivity contribution in [1.82, 2.24) is 10.5 Å². The number of carbonyl (C=O) groups is 1. The molecule has 4 nitrogen and oxygen atoms in total. The maximum atomic E-state index is 11.4. The summed E-state index contributed by atoms with van der Waals surface area (Å²) >= 11 is 0. The summed E-state index contributed by atoms with van der Waals surface area (Å²) in [6.45, 7) is 4.33. The number of hydrogen-bond acceptors (Lipinski definition) is 3. The maximum Gasteiger partial charge on any atom is 0.222 e. The molecule has 1 N–H and O–H groups in total. The third-order valence-electron chi connectivity index (χ3n) is 2.82. The number of hydrogen-bond donors (Lipinski definition) is 1. The van der Waals surface area contributed by atoms with Crippen molar-refractivity contribution in [2.75, 3.05) is 6.54 Å². The molecular formula is C15H18N2O2. The molecule has 2 aromatic rings. The smallest absolute Gasteiger partial charge is 0.222 e. The molecule has 1 aromatic carbocycles. The Labute approximate surface area is 112 Å². The van der Waals surface area contributed by atoms with Crippen LogP contribution in [0.25, 0.3) is 11.3 Å². The van der Waals surface area contributed by atoms with Gasteiger partial charge in [-0.1, -0.05) is 49.3 Å². The Hall–Kier alpha value is -2.10. The lowest BCUT2D eigenvalue weighted by Crippen LogP contribution is -2.29. The van der Waals surface area contributed by atoms with E-state index in [-0.39, 0.29) is 11.8 Å². The van der Waals surface area contributed by atoms with Crippen LogP contribution in [0, 0.1) is 5.92 Å². The molecule has 0 atom stereocenters. The van der Waals surface area contributed by atoms with E-state index in [0.29, 0.717) is 13.0 Å². The van der Waals surface area contributed by atoms with E-state index in [2.05, 4.69) is 10.5 Å².